The molecule has 2 atom stereocenters. The lowest BCUT2D eigenvalue weighted by Gasteiger charge is -2.17. The van der Waals surface area contributed by atoms with Gasteiger partial charge in [-0.15, -0.1) is 10.2 Å². The summed E-state index contributed by atoms with van der Waals surface area (Å²) in [4.78, 5) is 40.3. The number of aromatic nitrogens is 8. The Morgan fingerprint density at radius 3 is 1.47 bits per heavy atom. The van der Waals surface area contributed by atoms with E-state index >= 15 is 0 Å². The largest absolute Gasteiger partial charge is 0.478 e. The fourth-order valence-corrected chi connectivity index (χ4v) is 12.8. The zero-order valence-electron chi connectivity index (χ0n) is 50.7. The number of aromatic carboxylic acids is 1. The van der Waals surface area contributed by atoms with Gasteiger partial charge in [0.05, 0.1) is 24.3 Å². The van der Waals surface area contributed by atoms with Gasteiger partial charge in [0.15, 0.2) is 21.7 Å². The van der Waals surface area contributed by atoms with Crippen LogP contribution in [0.4, 0.5) is 11.6 Å². The molecule has 0 aliphatic heterocycles. The van der Waals surface area contributed by atoms with Crippen LogP contribution >= 0.6 is 23.2 Å². The van der Waals surface area contributed by atoms with E-state index in [0.29, 0.717) is 76.4 Å². The molecule has 2 unspecified atom stereocenters. The highest BCUT2D eigenvalue weighted by Crippen LogP contribution is 2.49. The number of ether oxygens (including phenoxy) is 2. The molecule has 6 aromatic heterocycles. The molecule has 25 heteroatoms. The number of carboxylic acids is 1. The molecule has 6 heterocycles. The predicted octanol–water partition coefficient (Wildman–Crippen LogP) is 12.7. The smallest absolute Gasteiger partial charge is 0.338 e. The zero-order chi connectivity index (χ0) is 62.6. The van der Waals surface area contributed by atoms with Crippen LogP contribution in [0.5, 0.6) is 11.8 Å². The van der Waals surface area contributed by atoms with Gasteiger partial charge in [0.1, 0.15) is 21.9 Å². The fourth-order valence-electron chi connectivity index (χ4n) is 11.0. The lowest BCUT2D eigenvalue weighted by Crippen LogP contribution is -2.31. The normalized spacial score (nSPS) is 18.5. The molecule has 4 aliphatic rings. The molecule has 10 rings (SSSR count). The second kappa shape index (κ2) is 28.8. The molecule has 87 heavy (non-hydrogen) atoms. The third kappa shape index (κ3) is 20.6. The van der Waals surface area contributed by atoms with Crippen LogP contribution < -0.4 is 30.0 Å². The van der Waals surface area contributed by atoms with Crippen molar-refractivity contribution in [2.75, 3.05) is 36.9 Å². The molecule has 0 radical (unpaired) electrons. The van der Waals surface area contributed by atoms with Gasteiger partial charge in [-0.05, 0) is 172 Å². The summed E-state index contributed by atoms with van der Waals surface area (Å²) in [5.74, 6) is 2.45. The molecule has 0 saturated heterocycles. The van der Waals surface area contributed by atoms with Crippen molar-refractivity contribution < 1.29 is 41.0 Å². The number of rotatable bonds is 27. The Hall–Kier alpha value is -6.40. The molecule has 0 bridgehead atoms. The first kappa shape index (κ1) is 66.6. The lowest BCUT2D eigenvalue weighted by molar-refractivity contribution is 0.0696. The molecule has 4 aliphatic carbocycles. The summed E-state index contributed by atoms with van der Waals surface area (Å²) in [6.07, 6.45) is 25.2. The van der Waals surface area contributed by atoms with Crippen molar-refractivity contribution >= 4 is 66.8 Å². The number of anilines is 2. The van der Waals surface area contributed by atoms with Crippen LogP contribution in [-0.4, -0.2) is 99.6 Å². The Morgan fingerprint density at radius 1 is 0.609 bits per heavy atom. The van der Waals surface area contributed by atoms with Gasteiger partial charge in [-0.2, -0.15) is 8.42 Å². The number of unbranched alkanes of at least 4 members (excludes halogenated alkanes) is 2. The molecule has 6 N–H and O–H groups in total. The van der Waals surface area contributed by atoms with E-state index in [1.165, 1.54) is 123 Å². The maximum Gasteiger partial charge on any atom is 0.338 e. The van der Waals surface area contributed by atoms with Gasteiger partial charge in [-0.25, -0.2) is 52.4 Å². The van der Waals surface area contributed by atoms with E-state index in [2.05, 4.69) is 87.0 Å². The SMILES string of the molecule is CC1(C)CCC(CCCCNc2cccc(S(=O)(=O)NC(=O)c3ccc(-n4ccc(OCCC5(C)CC5)n4)nc3Cl)n2)C1.CC1(C)CCC(CCCCNc2cccc(S(N)(=O)=O)n2)C1.CC1(CCOc2ccn(-c3ccc(C(=O)O)c(Cl)n3)n2)CC1. The van der Waals surface area contributed by atoms with Gasteiger partial charge in [0, 0.05) is 37.6 Å². The zero-order valence-corrected chi connectivity index (χ0v) is 53.9. The average Bonchev–Trinajstić information content (AvgIpc) is 2.82. The third-order valence-electron chi connectivity index (χ3n) is 16.9. The molecular weight excluding hydrogens is 1190 g/mol. The van der Waals surface area contributed by atoms with E-state index in [9.17, 15) is 26.4 Å². The summed E-state index contributed by atoms with van der Waals surface area (Å²) in [7, 11) is -7.98. The minimum Gasteiger partial charge on any atom is -0.478 e. The van der Waals surface area contributed by atoms with Crippen LogP contribution in [0.15, 0.2) is 95.2 Å². The predicted molar refractivity (Wildman–Crippen MR) is 336 cm³/mol. The van der Waals surface area contributed by atoms with Crippen molar-refractivity contribution in [3.63, 3.8) is 0 Å². The number of nitrogens with one attached hydrogen (secondary N) is 3. The molecule has 0 aromatic carbocycles. The van der Waals surface area contributed by atoms with Crippen molar-refractivity contribution in [1.82, 2.24) is 44.2 Å². The maximum absolute atomic E-state index is 13.0. The summed E-state index contributed by atoms with van der Waals surface area (Å²) in [6, 6.07) is 18.8. The number of nitrogens with zero attached hydrogens (tertiary/aromatic N) is 8. The average molecular weight is 1280 g/mol. The number of hydrogen-bond acceptors (Lipinski definition) is 16. The number of amides is 1. The number of nitrogens with two attached hydrogens (primary N) is 1. The summed E-state index contributed by atoms with van der Waals surface area (Å²) >= 11 is 12.2. The number of hydrogen-bond donors (Lipinski definition) is 5. The highest BCUT2D eigenvalue weighted by atomic mass is 35.5. The molecule has 0 spiro atoms. The van der Waals surface area contributed by atoms with Crippen LogP contribution in [0, 0.1) is 33.5 Å². The Morgan fingerprint density at radius 2 is 1.06 bits per heavy atom. The van der Waals surface area contributed by atoms with E-state index in [-0.39, 0.29) is 31.5 Å². The first-order valence-corrected chi connectivity index (χ1v) is 33.9. The van der Waals surface area contributed by atoms with Crippen LogP contribution in [0.1, 0.15) is 178 Å². The van der Waals surface area contributed by atoms with Crippen molar-refractivity contribution in [3.8, 4) is 23.4 Å². The molecule has 4 fully saturated rings. The first-order valence-electron chi connectivity index (χ1n) is 30.1. The van der Waals surface area contributed by atoms with Gasteiger partial charge in [0.2, 0.25) is 11.8 Å². The summed E-state index contributed by atoms with van der Waals surface area (Å²) in [5.41, 5.74) is 1.71. The Balaban J connectivity index is 0.000000187. The number of halogens is 2. The number of primary sulfonamides is 1. The highest BCUT2D eigenvalue weighted by Gasteiger charge is 2.38. The van der Waals surface area contributed by atoms with Crippen LogP contribution in [0.2, 0.25) is 10.3 Å². The van der Waals surface area contributed by atoms with Crippen LogP contribution in [0.25, 0.3) is 11.6 Å². The topological polar surface area (TPSA) is 290 Å². The Bertz CT molecular complexity index is 3550. The minimum absolute atomic E-state index is 0.0354. The van der Waals surface area contributed by atoms with E-state index in [0.717, 1.165) is 50.5 Å². The fraction of sp³-hybridized carbons (Fsp3) is 0.548. The van der Waals surface area contributed by atoms with Gasteiger partial charge >= 0.3 is 5.97 Å². The highest BCUT2D eigenvalue weighted by molar-refractivity contribution is 7.90. The van der Waals surface area contributed by atoms with E-state index < -0.39 is 31.9 Å². The monoisotopic (exact) mass is 1270 g/mol. The second-order valence-corrected chi connectivity index (χ2v) is 29.8. The molecule has 6 aromatic rings. The van der Waals surface area contributed by atoms with Gasteiger partial charge in [0.25, 0.3) is 26.0 Å². The van der Waals surface area contributed by atoms with E-state index in [1.54, 1.807) is 54.9 Å². The van der Waals surface area contributed by atoms with E-state index in [1.807, 2.05) is 0 Å². The third-order valence-corrected chi connectivity index (χ3v) is 19.6. The number of carboxylic acid groups (broad SMARTS) is 1. The Labute approximate surface area is 521 Å². The van der Waals surface area contributed by atoms with Gasteiger partial charge < -0.3 is 25.2 Å². The quantitative estimate of drug-likeness (QED) is 0.0236. The maximum atomic E-state index is 13.0. The lowest BCUT2D eigenvalue weighted by atomic mass is 9.89. The number of carbonyl (C=O) groups excluding carboxylic acids is 1. The van der Waals surface area contributed by atoms with Gasteiger partial charge in [-0.1, -0.05) is 103 Å². The minimum atomic E-state index is -4.25. The van der Waals surface area contributed by atoms with Gasteiger partial charge in [-0.3, -0.25) is 4.79 Å². The molecule has 21 nitrogen and oxygen atoms in total. The molecule has 4 saturated carbocycles. The van der Waals surface area contributed by atoms with Crippen LogP contribution in [0.3, 0.4) is 0 Å². The summed E-state index contributed by atoms with van der Waals surface area (Å²) in [6.45, 7) is 16.6. The number of pyridine rings is 4. The molecule has 1 amide bonds. The standard InChI is InChI=1S/C31H41ClN6O4S.C16H27N3O2S.C15H16ClN3O3/c1-30(2)14-12-22(21-30)7-4-5-18-33-24-8-6-9-27(34-24)43(40,41)37-29(39)23-10-11-25(35-28(23)32)38-19-13-26(36-38)42-20-17-31(3)15-16-31;1-16(2)10-9-13(12-16)6-3-4-11-18-14-7-5-8-15(19-14)22(17,20)21;1-15(5-6-15)7-9-22-12-4-8-19(18-12)11-3-2-10(14(20)21)13(16)17-11/h6,8-11,13,19,22H,4-5,7,12,14-18,20-21H2,1-3H3,(H,33,34)(H,37,39);5,7-8,13H,3-4,6,9-12H2,1-2H3,(H,18,19)(H2,17,20,21);2-4,8H,5-7,9H2,1H3,(H,20,21). The second-order valence-electron chi connectivity index (χ2n) is 25.9. The van der Waals surface area contributed by atoms with Crippen molar-refractivity contribution in [3.05, 3.63) is 107 Å². The van der Waals surface area contributed by atoms with Crippen molar-refractivity contribution in [2.24, 2.45) is 38.6 Å². The van der Waals surface area contributed by atoms with Crippen LogP contribution in [-0.2, 0) is 20.0 Å². The van der Waals surface area contributed by atoms with Crippen molar-refractivity contribution in [1.29, 1.82) is 0 Å². The van der Waals surface area contributed by atoms with E-state index in [4.69, 9.17) is 42.9 Å². The Kier molecular flexibility index (Phi) is 22.1. The summed E-state index contributed by atoms with van der Waals surface area (Å²) in [5, 5.41) is 28.4. The molecule has 472 valence electrons. The summed E-state index contributed by atoms with van der Waals surface area (Å²) < 4.78 is 64.9. The first-order chi connectivity index (χ1) is 41.1. The number of sulfonamides is 2. The number of carbonyl (C=O) groups is 2. The van der Waals surface area contributed by atoms with Crippen molar-refractivity contribution in [2.45, 2.75) is 167 Å². The molecular formula is C62H84Cl2N12O9S2.